The van der Waals surface area contributed by atoms with Crippen LogP contribution >= 0.6 is 11.8 Å². The van der Waals surface area contributed by atoms with E-state index in [9.17, 15) is 0 Å². The Morgan fingerprint density at radius 2 is 2.17 bits per heavy atom. The van der Waals surface area contributed by atoms with E-state index in [1.807, 2.05) is 36.0 Å². The van der Waals surface area contributed by atoms with Crippen molar-refractivity contribution in [3.8, 4) is 11.5 Å². The standard InChI is InChI=1S/C18H27NO3S/c1-18(14-23-10-9-20)7-4-8-19(13-18)11-15-12-21-16-5-2-3-6-17(16)22-15/h2-3,5-6,15,20H,4,7-14H2,1H3/t15-,18-/m0/s1. The van der Waals surface area contributed by atoms with E-state index in [0.717, 1.165) is 42.6 Å². The van der Waals surface area contributed by atoms with Gasteiger partial charge in [0, 0.05) is 18.8 Å². The Balaban J connectivity index is 1.52. The lowest BCUT2D eigenvalue weighted by atomic mass is 9.84. The molecule has 0 unspecified atom stereocenters. The molecule has 3 rings (SSSR count). The van der Waals surface area contributed by atoms with Gasteiger partial charge in [0.25, 0.3) is 0 Å². The molecule has 2 atom stereocenters. The van der Waals surface area contributed by atoms with Crippen molar-refractivity contribution in [2.45, 2.75) is 25.9 Å². The largest absolute Gasteiger partial charge is 0.486 e. The van der Waals surface area contributed by atoms with Crippen molar-refractivity contribution in [3.05, 3.63) is 24.3 Å². The molecule has 2 aliphatic rings. The molecule has 1 aromatic carbocycles. The number of benzene rings is 1. The molecule has 23 heavy (non-hydrogen) atoms. The van der Waals surface area contributed by atoms with Gasteiger partial charge in [0.15, 0.2) is 11.5 Å². The molecule has 0 radical (unpaired) electrons. The molecular weight excluding hydrogens is 310 g/mol. The molecular formula is C18H27NO3S. The van der Waals surface area contributed by atoms with Gasteiger partial charge in [-0.05, 0) is 42.7 Å². The number of thioether (sulfide) groups is 1. The second-order valence-corrected chi connectivity index (χ2v) is 8.03. The van der Waals surface area contributed by atoms with Crippen LogP contribution < -0.4 is 9.47 Å². The SMILES string of the molecule is C[C@]1(CSCCO)CCCN(C[C@H]2COc3ccccc3O2)C1. The second kappa shape index (κ2) is 7.77. The fourth-order valence-corrected chi connectivity index (χ4v) is 4.53. The molecule has 0 bridgehead atoms. The van der Waals surface area contributed by atoms with Gasteiger partial charge >= 0.3 is 0 Å². The smallest absolute Gasteiger partial charge is 0.161 e. The molecule has 1 saturated heterocycles. The number of nitrogens with zero attached hydrogens (tertiary/aromatic N) is 1. The summed E-state index contributed by atoms with van der Waals surface area (Å²) in [4.78, 5) is 2.52. The predicted molar refractivity (Wildman–Crippen MR) is 94.5 cm³/mol. The summed E-state index contributed by atoms with van der Waals surface area (Å²) in [5, 5.41) is 8.97. The summed E-state index contributed by atoms with van der Waals surface area (Å²) in [5.74, 6) is 3.68. The van der Waals surface area contributed by atoms with Crippen molar-refractivity contribution in [2.24, 2.45) is 5.41 Å². The van der Waals surface area contributed by atoms with Gasteiger partial charge in [-0.1, -0.05) is 19.1 Å². The molecule has 0 spiro atoms. The van der Waals surface area contributed by atoms with Crippen LogP contribution in [0.25, 0.3) is 0 Å². The number of rotatable bonds is 6. The number of likely N-dealkylation sites (tertiary alicyclic amines) is 1. The van der Waals surface area contributed by atoms with Crippen LogP contribution in [0.1, 0.15) is 19.8 Å². The zero-order valence-electron chi connectivity index (χ0n) is 13.9. The highest BCUT2D eigenvalue weighted by atomic mass is 32.2. The Hall–Kier alpha value is -0.910. The van der Waals surface area contributed by atoms with E-state index in [4.69, 9.17) is 14.6 Å². The van der Waals surface area contributed by atoms with Crippen molar-refractivity contribution in [2.75, 3.05) is 44.4 Å². The first-order valence-electron chi connectivity index (χ1n) is 8.48. The third-order valence-corrected chi connectivity index (χ3v) is 5.95. The summed E-state index contributed by atoms with van der Waals surface area (Å²) in [6, 6.07) is 7.90. The average Bonchev–Trinajstić information content (AvgIpc) is 2.55. The molecule has 1 fully saturated rings. The normalized spacial score (nSPS) is 27.8. The number of hydrogen-bond donors (Lipinski definition) is 1. The number of aliphatic hydroxyl groups is 1. The Kier molecular flexibility index (Phi) is 5.72. The minimum absolute atomic E-state index is 0.109. The number of aliphatic hydroxyl groups excluding tert-OH is 1. The topological polar surface area (TPSA) is 41.9 Å². The van der Waals surface area contributed by atoms with Crippen LogP contribution in [0.15, 0.2) is 24.3 Å². The van der Waals surface area contributed by atoms with Crippen LogP contribution in [0.4, 0.5) is 0 Å². The first kappa shape index (κ1) is 16.9. The molecule has 128 valence electrons. The summed E-state index contributed by atoms with van der Waals surface area (Å²) >= 11 is 1.86. The van der Waals surface area contributed by atoms with Gasteiger partial charge in [0.05, 0.1) is 6.61 Å². The zero-order valence-corrected chi connectivity index (χ0v) is 14.7. The molecule has 1 aromatic rings. The number of hydrogen-bond acceptors (Lipinski definition) is 5. The van der Waals surface area contributed by atoms with Gasteiger partial charge in [0.1, 0.15) is 12.7 Å². The second-order valence-electron chi connectivity index (χ2n) is 6.92. The molecule has 0 aromatic heterocycles. The maximum atomic E-state index is 8.97. The van der Waals surface area contributed by atoms with E-state index >= 15 is 0 Å². The van der Waals surface area contributed by atoms with E-state index < -0.39 is 0 Å². The quantitative estimate of drug-likeness (QED) is 0.808. The lowest BCUT2D eigenvalue weighted by Gasteiger charge is -2.42. The van der Waals surface area contributed by atoms with Crippen molar-refractivity contribution in [1.29, 1.82) is 0 Å². The van der Waals surface area contributed by atoms with Gasteiger partial charge in [0.2, 0.25) is 0 Å². The van der Waals surface area contributed by atoms with Crippen molar-refractivity contribution in [3.63, 3.8) is 0 Å². The lowest BCUT2D eigenvalue weighted by molar-refractivity contribution is 0.0329. The van der Waals surface area contributed by atoms with E-state index in [0.29, 0.717) is 12.0 Å². The van der Waals surface area contributed by atoms with Crippen LogP contribution in [0, 0.1) is 5.41 Å². The molecule has 2 heterocycles. The van der Waals surface area contributed by atoms with Crippen LogP contribution in [0.3, 0.4) is 0 Å². The summed E-state index contributed by atoms with van der Waals surface area (Å²) < 4.78 is 11.9. The first-order chi connectivity index (χ1) is 11.2. The average molecular weight is 337 g/mol. The Morgan fingerprint density at radius 3 is 3.00 bits per heavy atom. The highest BCUT2D eigenvalue weighted by molar-refractivity contribution is 7.99. The molecule has 4 nitrogen and oxygen atoms in total. The number of fused-ring (bicyclic) bond motifs is 1. The fraction of sp³-hybridized carbons (Fsp3) is 0.667. The Labute approximate surface area is 143 Å². The number of para-hydroxylation sites is 2. The third kappa shape index (κ3) is 4.55. The molecule has 2 aliphatic heterocycles. The summed E-state index contributed by atoms with van der Waals surface area (Å²) in [6.45, 7) is 6.45. The van der Waals surface area contributed by atoms with Crippen LogP contribution in [0.5, 0.6) is 11.5 Å². The van der Waals surface area contributed by atoms with Crippen molar-refractivity contribution >= 4 is 11.8 Å². The highest BCUT2D eigenvalue weighted by Gasteiger charge is 2.33. The summed E-state index contributed by atoms with van der Waals surface area (Å²) in [5.41, 5.74) is 0.339. The minimum Gasteiger partial charge on any atom is -0.486 e. The highest BCUT2D eigenvalue weighted by Crippen LogP contribution is 2.34. The maximum Gasteiger partial charge on any atom is 0.161 e. The van der Waals surface area contributed by atoms with Crippen LogP contribution in [-0.4, -0.2) is 60.5 Å². The number of ether oxygens (including phenoxy) is 2. The van der Waals surface area contributed by atoms with Gasteiger partial charge in [-0.3, -0.25) is 4.90 Å². The molecule has 0 amide bonds. The van der Waals surface area contributed by atoms with Crippen molar-refractivity contribution < 1.29 is 14.6 Å². The van der Waals surface area contributed by atoms with Crippen LogP contribution in [0.2, 0.25) is 0 Å². The van der Waals surface area contributed by atoms with E-state index in [1.54, 1.807) is 0 Å². The molecule has 0 saturated carbocycles. The molecule has 1 N–H and O–H groups in total. The molecule has 5 heteroatoms. The van der Waals surface area contributed by atoms with Gasteiger partial charge in [-0.15, -0.1) is 0 Å². The van der Waals surface area contributed by atoms with Gasteiger partial charge in [-0.25, -0.2) is 0 Å². The van der Waals surface area contributed by atoms with Gasteiger partial charge in [-0.2, -0.15) is 11.8 Å². The molecule has 0 aliphatic carbocycles. The lowest BCUT2D eigenvalue weighted by Crippen LogP contribution is -2.48. The van der Waals surface area contributed by atoms with Crippen molar-refractivity contribution in [1.82, 2.24) is 4.90 Å². The Bertz CT molecular complexity index is 513. The maximum absolute atomic E-state index is 8.97. The summed E-state index contributed by atoms with van der Waals surface area (Å²) in [6.07, 6.45) is 2.62. The summed E-state index contributed by atoms with van der Waals surface area (Å²) in [7, 11) is 0. The van der Waals surface area contributed by atoms with E-state index in [1.165, 1.54) is 12.8 Å². The zero-order chi connectivity index (χ0) is 16.1. The first-order valence-corrected chi connectivity index (χ1v) is 9.63. The monoisotopic (exact) mass is 337 g/mol. The Morgan fingerprint density at radius 1 is 1.35 bits per heavy atom. The number of piperidine rings is 1. The van der Waals surface area contributed by atoms with Gasteiger partial charge < -0.3 is 14.6 Å². The van der Waals surface area contributed by atoms with Crippen LogP contribution in [-0.2, 0) is 0 Å². The van der Waals surface area contributed by atoms with E-state index in [2.05, 4.69) is 11.8 Å². The predicted octanol–water partition coefficient (Wildman–Crippen LogP) is 2.65. The fourth-order valence-electron chi connectivity index (χ4n) is 3.53. The minimum atomic E-state index is 0.109. The third-order valence-electron chi connectivity index (χ3n) is 4.58. The van der Waals surface area contributed by atoms with E-state index in [-0.39, 0.29) is 12.7 Å².